The molecule has 0 saturated heterocycles. The zero-order valence-corrected chi connectivity index (χ0v) is 44.4. The van der Waals surface area contributed by atoms with E-state index in [4.69, 9.17) is 19.5 Å². The molecule has 0 atom stereocenters. The number of amides is 2. The summed E-state index contributed by atoms with van der Waals surface area (Å²) in [6.45, 7) is 13.7. The summed E-state index contributed by atoms with van der Waals surface area (Å²) in [7, 11) is -1.54. The molecule has 0 saturated carbocycles. The number of benzene rings is 6. The summed E-state index contributed by atoms with van der Waals surface area (Å²) >= 11 is 3.54. The average Bonchev–Trinajstić information content (AvgIpc) is 4.15. The van der Waals surface area contributed by atoms with Crippen LogP contribution in [0.15, 0.2) is 126 Å². The van der Waals surface area contributed by atoms with Crippen LogP contribution in [0.3, 0.4) is 0 Å². The summed E-state index contributed by atoms with van der Waals surface area (Å²) in [4.78, 5) is 25.6. The Morgan fingerprint density at radius 1 is 0.581 bits per heavy atom. The van der Waals surface area contributed by atoms with Gasteiger partial charge in [-0.3, -0.25) is 9.59 Å². The Morgan fingerprint density at radius 3 is 1.51 bits per heavy atom. The molecule has 0 unspecified atom stereocenters. The number of nitrogens with zero attached hydrogens (tertiary/aromatic N) is 6. The number of tetrazole rings is 2. The molecule has 0 radical (unpaired) electrons. The maximum absolute atomic E-state index is 13.1. The van der Waals surface area contributed by atoms with E-state index in [0.717, 1.165) is 99.1 Å². The van der Waals surface area contributed by atoms with Crippen molar-refractivity contribution in [2.75, 3.05) is 23.8 Å². The zero-order valence-electron chi connectivity index (χ0n) is 42.8. The molecule has 2 heterocycles. The molecule has 18 heteroatoms. The topological polar surface area (TPSA) is 226 Å². The third-order valence-electron chi connectivity index (χ3n) is 11.4. The highest BCUT2D eigenvalue weighted by Crippen LogP contribution is 2.39. The molecule has 8 rings (SSSR count). The van der Waals surface area contributed by atoms with Gasteiger partial charge < -0.3 is 30.2 Å². The average molecular weight is 1060 g/mol. The van der Waals surface area contributed by atoms with Crippen LogP contribution in [-0.4, -0.2) is 83.4 Å². The van der Waals surface area contributed by atoms with Gasteiger partial charge >= 0.3 is 7.12 Å². The van der Waals surface area contributed by atoms with Gasteiger partial charge in [0.25, 0.3) is 0 Å². The van der Waals surface area contributed by atoms with Crippen molar-refractivity contribution in [1.82, 2.24) is 41.2 Å². The molecule has 8 aromatic rings. The normalized spacial score (nSPS) is 10.6. The highest BCUT2D eigenvalue weighted by molar-refractivity contribution is 9.10. The van der Waals surface area contributed by atoms with Gasteiger partial charge in [0.15, 0.2) is 0 Å². The van der Waals surface area contributed by atoms with Crippen molar-refractivity contribution in [3.05, 3.63) is 159 Å². The molecule has 6 N–H and O–H groups in total. The van der Waals surface area contributed by atoms with Gasteiger partial charge in [-0.15, -0.1) is 20.4 Å². The van der Waals surface area contributed by atoms with E-state index in [1.807, 2.05) is 98.8 Å². The van der Waals surface area contributed by atoms with E-state index < -0.39 is 7.12 Å². The van der Waals surface area contributed by atoms with Crippen LogP contribution in [0, 0.1) is 13.8 Å². The maximum Gasteiger partial charge on any atom is 0.489 e. The van der Waals surface area contributed by atoms with E-state index in [1.165, 1.54) is 11.1 Å². The van der Waals surface area contributed by atoms with E-state index in [0.29, 0.717) is 54.4 Å². The number of aryl methyl sites for hydroxylation is 4. The number of aromatic amines is 2. The lowest BCUT2D eigenvalue weighted by atomic mass is 9.77. The number of rotatable bonds is 20. The highest BCUT2D eigenvalue weighted by atomic mass is 79.9. The number of halogens is 1. The largest absolute Gasteiger partial charge is 0.491 e. The van der Waals surface area contributed by atoms with E-state index in [9.17, 15) is 9.59 Å². The zero-order chi connectivity index (χ0) is 52.8. The van der Waals surface area contributed by atoms with Gasteiger partial charge in [-0.1, -0.05) is 165 Å². The Morgan fingerprint density at radius 2 is 1.04 bits per heavy atom. The number of ether oxygens (including phenoxy) is 2. The van der Waals surface area contributed by atoms with E-state index in [-0.39, 0.29) is 11.8 Å². The quantitative estimate of drug-likeness (QED) is 0.0392. The predicted molar refractivity (Wildman–Crippen MR) is 295 cm³/mol. The lowest BCUT2D eigenvalue weighted by Crippen LogP contribution is -2.31. The number of carbonyl (C=O) groups is 2. The number of carbonyl (C=O) groups excluding carboxylic acids is 2. The van der Waals surface area contributed by atoms with Crippen molar-refractivity contribution in [2.45, 2.75) is 92.9 Å². The minimum absolute atomic E-state index is 0.0363. The molecule has 0 aliphatic rings. The third kappa shape index (κ3) is 16.2. The fraction of sp³-hybridized carbons (Fsp3) is 0.286. The minimum Gasteiger partial charge on any atom is -0.491 e. The molecular formula is C56H64BBrN10O6. The second kappa shape index (κ2) is 28.6. The molecule has 0 spiro atoms. The summed E-state index contributed by atoms with van der Waals surface area (Å²) in [5.41, 5.74) is 11.6. The van der Waals surface area contributed by atoms with Crippen molar-refractivity contribution >= 4 is 51.7 Å². The number of nitrogens with one attached hydrogen (secondary N) is 4. The Hall–Kier alpha value is -7.54. The number of anilines is 2. The summed E-state index contributed by atoms with van der Waals surface area (Å²) in [6, 6.07) is 38.9. The van der Waals surface area contributed by atoms with Gasteiger partial charge in [-0.25, -0.2) is 0 Å². The van der Waals surface area contributed by atoms with Gasteiger partial charge in [-0.05, 0) is 113 Å². The van der Waals surface area contributed by atoms with Crippen molar-refractivity contribution in [3.8, 4) is 45.4 Å². The smallest absolute Gasteiger partial charge is 0.489 e. The lowest BCUT2D eigenvalue weighted by molar-refractivity contribution is -0.116. The fourth-order valence-corrected chi connectivity index (χ4v) is 8.42. The first kappa shape index (κ1) is 55.8. The first-order chi connectivity index (χ1) is 35.9. The molecular weight excluding hydrogens is 999 g/mol. The van der Waals surface area contributed by atoms with Gasteiger partial charge in [0.1, 0.15) is 11.5 Å². The van der Waals surface area contributed by atoms with E-state index in [1.54, 1.807) is 24.3 Å². The maximum atomic E-state index is 13.1. The molecule has 0 bridgehead atoms. The second-order valence-electron chi connectivity index (χ2n) is 17.5. The SMILES string of the molecule is CCCOc1c(CCC)cc(-c2ccccc2-c2nn[nH]n2)cc1NC(=O)Cc1ccc(C)cc1.CCCOc1c(CCC)cc(Br)cc1NC(=O)Cc1ccc(C)cc1.OB(O)c1ccccc1-c1nn[nH]n1. The number of H-pyrrole nitrogens is 2. The molecule has 2 aromatic heterocycles. The standard InChI is InChI=1S/C28H31N5O2.C21H26BrNO2.C7H7BN4O2/c1-4-8-21-17-22(23-9-6-7-10-24(23)28-30-32-33-31-28)18-25(27(21)35-15-5-2)29-26(34)16-20-13-11-19(3)12-14-20;1-4-6-17-13-18(22)14-19(21(17)25-11-5-2)23-20(24)12-16-9-7-15(3)8-10-16;13-8(14)6-4-2-1-3-5(6)7-9-11-12-10-7/h6-7,9-14,17-18H,4-5,8,15-16H2,1-3H3,(H,29,34)(H,30,31,32,33);7-10,13-14H,4-6,11-12H2,1-3H3,(H,23,24);1-4,13-14H,(H,9,10,11,12). The van der Waals surface area contributed by atoms with Gasteiger partial charge in [0, 0.05) is 15.6 Å². The van der Waals surface area contributed by atoms with Crippen molar-refractivity contribution in [1.29, 1.82) is 0 Å². The number of aromatic nitrogens is 8. The molecule has 6 aromatic carbocycles. The van der Waals surface area contributed by atoms with Crippen molar-refractivity contribution in [3.63, 3.8) is 0 Å². The minimum atomic E-state index is -1.54. The Labute approximate surface area is 441 Å². The fourth-order valence-electron chi connectivity index (χ4n) is 7.92. The Balaban J connectivity index is 0.000000198. The monoisotopic (exact) mass is 1060 g/mol. The predicted octanol–water partition coefficient (Wildman–Crippen LogP) is 9.99. The molecule has 0 aliphatic heterocycles. The Bertz CT molecular complexity index is 3010. The van der Waals surface area contributed by atoms with Crippen LogP contribution in [0.5, 0.6) is 11.5 Å². The molecule has 0 aliphatic carbocycles. The van der Waals surface area contributed by atoms with Crippen LogP contribution < -0.4 is 25.6 Å². The van der Waals surface area contributed by atoms with Crippen LogP contribution >= 0.6 is 15.9 Å². The van der Waals surface area contributed by atoms with Gasteiger partial charge in [0.2, 0.25) is 23.5 Å². The lowest BCUT2D eigenvalue weighted by Gasteiger charge is -2.19. The molecule has 74 heavy (non-hydrogen) atoms. The van der Waals surface area contributed by atoms with Crippen LogP contribution in [0.2, 0.25) is 0 Å². The summed E-state index contributed by atoms with van der Waals surface area (Å²) in [6.07, 6.45) is 6.18. The van der Waals surface area contributed by atoms with E-state index >= 15 is 0 Å². The molecule has 384 valence electrons. The highest BCUT2D eigenvalue weighted by Gasteiger charge is 2.21. The number of hydrogen-bond acceptors (Lipinski definition) is 12. The van der Waals surface area contributed by atoms with E-state index in [2.05, 4.69) is 108 Å². The third-order valence-corrected chi connectivity index (χ3v) is 11.9. The van der Waals surface area contributed by atoms with Crippen molar-refractivity contribution < 1.29 is 29.1 Å². The summed E-state index contributed by atoms with van der Waals surface area (Å²) in [5.74, 6) is 2.28. The Kier molecular flexibility index (Phi) is 21.6. The number of hydrogen-bond donors (Lipinski definition) is 6. The van der Waals surface area contributed by atoms with Gasteiger partial charge in [-0.2, -0.15) is 10.4 Å². The first-order valence-corrected chi connectivity index (χ1v) is 25.7. The van der Waals surface area contributed by atoms with Crippen LogP contribution in [0.4, 0.5) is 11.4 Å². The van der Waals surface area contributed by atoms with Crippen LogP contribution in [0.25, 0.3) is 33.9 Å². The van der Waals surface area contributed by atoms with Gasteiger partial charge in [0.05, 0.1) is 37.4 Å². The van der Waals surface area contributed by atoms with Crippen LogP contribution in [0.1, 0.15) is 86.8 Å². The summed E-state index contributed by atoms with van der Waals surface area (Å²) in [5, 5.41) is 52.1. The summed E-state index contributed by atoms with van der Waals surface area (Å²) < 4.78 is 13.1. The molecule has 16 nitrogen and oxygen atoms in total. The molecule has 2 amide bonds. The second-order valence-corrected chi connectivity index (χ2v) is 18.5. The van der Waals surface area contributed by atoms with Crippen LogP contribution in [-0.2, 0) is 35.3 Å². The van der Waals surface area contributed by atoms with Crippen molar-refractivity contribution in [2.24, 2.45) is 0 Å². The first-order valence-electron chi connectivity index (χ1n) is 24.9. The molecule has 0 fully saturated rings.